The molecule has 2 rings (SSSR count). The highest BCUT2D eigenvalue weighted by Gasteiger charge is 2.29. The first kappa shape index (κ1) is 23.6. The van der Waals surface area contributed by atoms with Gasteiger partial charge in [-0.05, 0) is 29.5 Å². The van der Waals surface area contributed by atoms with Gasteiger partial charge < -0.3 is 10.1 Å². The third-order valence-corrected chi connectivity index (χ3v) is 7.31. The molecule has 30 heavy (non-hydrogen) atoms. The molecule has 2 aromatic rings. The standard InChI is InChI=1S/C17H23N5O6S2/c1-11-5-7-13(8-6-11)30(26,27)10-15(22-17(25)21(3)19-20-22)29-9-14(16(24)28-4)18-12(2)23/h5-8,14-15H,9-10H2,1-4H3,(H,18,23). The molecule has 1 heterocycles. The third-order valence-electron chi connectivity index (χ3n) is 4.08. The van der Waals surface area contributed by atoms with Crippen molar-refractivity contribution in [3.05, 3.63) is 40.3 Å². The van der Waals surface area contributed by atoms with Crippen LogP contribution in [0.1, 0.15) is 17.9 Å². The summed E-state index contributed by atoms with van der Waals surface area (Å²) in [6, 6.07) is 5.30. The third kappa shape index (κ3) is 5.92. The lowest BCUT2D eigenvalue weighted by Gasteiger charge is -2.20. The number of ether oxygens (including phenoxy) is 1. The molecule has 0 bridgehead atoms. The molecule has 1 aromatic carbocycles. The summed E-state index contributed by atoms with van der Waals surface area (Å²) in [4.78, 5) is 35.7. The second-order valence-electron chi connectivity index (χ2n) is 6.49. The fourth-order valence-corrected chi connectivity index (χ4v) is 5.58. The van der Waals surface area contributed by atoms with E-state index in [-0.39, 0.29) is 10.6 Å². The highest BCUT2D eigenvalue weighted by Crippen LogP contribution is 2.26. The van der Waals surface area contributed by atoms with Gasteiger partial charge in [0, 0.05) is 19.7 Å². The Hall–Kier alpha value is -2.67. The number of thioether (sulfide) groups is 1. The van der Waals surface area contributed by atoms with Crippen LogP contribution in [0.3, 0.4) is 0 Å². The number of hydrogen-bond donors (Lipinski definition) is 1. The lowest BCUT2D eigenvalue weighted by molar-refractivity contribution is -0.144. The zero-order valence-corrected chi connectivity index (χ0v) is 18.6. The SMILES string of the molecule is COC(=O)C(CSC(CS(=O)(=O)c1ccc(C)cc1)n1nnn(C)c1=O)NC(C)=O. The summed E-state index contributed by atoms with van der Waals surface area (Å²) < 4.78 is 32.4. The maximum Gasteiger partial charge on any atom is 0.364 e. The first-order valence-electron chi connectivity index (χ1n) is 8.79. The lowest BCUT2D eigenvalue weighted by atomic mass is 10.2. The fraction of sp³-hybridized carbons (Fsp3) is 0.471. The Morgan fingerprint density at radius 1 is 1.23 bits per heavy atom. The molecule has 1 N–H and O–H groups in total. The normalized spacial score (nSPS) is 13.5. The average molecular weight is 458 g/mol. The Morgan fingerprint density at radius 2 is 1.87 bits per heavy atom. The topological polar surface area (TPSA) is 142 Å². The van der Waals surface area contributed by atoms with Crippen LogP contribution in [0.4, 0.5) is 0 Å². The number of nitrogens with zero attached hydrogens (tertiary/aromatic N) is 4. The Kier molecular flexibility index (Phi) is 7.78. The van der Waals surface area contributed by atoms with E-state index >= 15 is 0 Å². The van der Waals surface area contributed by atoms with Crippen molar-refractivity contribution in [2.45, 2.75) is 30.2 Å². The molecular weight excluding hydrogens is 434 g/mol. The Morgan fingerprint density at radius 3 is 2.37 bits per heavy atom. The van der Waals surface area contributed by atoms with Crippen LogP contribution in [-0.4, -0.2) is 64.7 Å². The minimum absolute atomic E-state index is 0.0383. The van der Waals surface area contributed by atoms with Crippen LogP contribution in [0.25, 0.3) is 0 Å². The minimum Gasteiger partial charge on any atom is -0.467 e. The molecule has 0 fully saturated rings. The van der Waals surface area contributed by atoms with Crippen molar-refractivity contribution in [3.63, 3.8) is 0 Å². The van der Waals surface area contributed by atoms with E-state index in [0.717, 1.165) is 26.7 Å². The molecule has 164 valence electrons. The van der Waals surface area contributed by atoms with Crippen molar-refractivity contribution in [2.75, 3.05) is 18.6 Å². The number of amides is 1. The summed E-state index contributed by atoms with van der Waals surface area (Å²) in [5.41, 5.74) is 0.294. The van der Waals surface area contributed by atoms with Crippen molar-refractivity contribution < 1.29 is 22.7 Å². The summed E-state index contributed by atoms with van der Waals surface area (Å²) in [7, 11) is -1.23. The van der Waals surface area contributed by atoms with Crippen molar-refractivity contribution in [3.8, 4) is 0 Å². The van der Waals surface area contributed by atoms with Gasteiger partial charge in [0.25, 0.3) is 0 Å². The summed E-state index contributed by atoms with van der Waals surface area (Å²) in [6.45, 7) is 3.08. The van der Waals surface area contributed by atoms with Gasteiger partial charge in [0.05, 0.1) is 17.8 Å². The van der Waals surface area contributed by atoms with E-state index in [1.165, 1.54) is 33.2 Å². The van der Waals surface area contributed by atoms with Gasteiger partial charge in [0.2, 0.25) is 5.91 Å². The van der Waals surface area contributed by atoms with Gasteiger partial charge in [-0.1, -0.05) is 17.7 Å². The number of carbonyl (C=O) groups excluding carboxylic acids is 2. The number of esters is 1. The fourth-order valence-electron chi connectivity index (χ4n) is 2.49. The van der Waals surface area contributed by atoms with E-state index in [2.05, 4.69) is 20.5 Å². The Labute approximate surface area is 177 Å². The van der Waals surface area contributed by atoms with Gasteiger partial charge in [0.15, 0.2) is 9.84 Å². The van der Waals surface area contributed by atoms with Crippen LogP contribution in [0, 0.1) is 6.92 Å². The first-order valence-corrected chi connectivity index (χ1v) is 11.5. The number of rotatable bonds is 9. The number of tetrazole rings is 1. The van der Waals surface area contributed by atoms with Gasteiger partial charge in [-0.25, -0.2) is 18.0 Å². The van der Waals surface area contributed by atoms with Crippen LogP contribution >= 0.6 is 11.8 Å². The zero-order chi connectivity index (χ0) is 22.5. The maximum absolute atomic E-state index is 12.9. The summed E-state index contributed by atoms with van der Waals surface area (Å²) >= 11 is 0.973. The van der Waals surface area contributed by atoms with E-state index in [0.29, 0.717) is 0 Å². The molecule has 0 saturated carbocycles. The number of aryl methyl sites for hydroxylation is 2. The summed E-state index contributed by atoms with van der Waals surface area (Å²) in [5.74, 6) is -1.65. The Bertz CT molecular complexity index is 1060. The average Bonchev–Trinajstić information content (AvgIpc) is 3.02. The van der Waals surface area contributed by atoms with Crippen LogP contribution in [0.15, 0.2) is 34.0 Å². The minimum atomic E-state index is -3.79. The van der Waals surface area contributed by atoms with Gasteiger partial charge in [-0.2, -0.15) is 9.36 Å². The van der Waals surface area contributed by atoms with Gasteiger partial charge >= 0.3 is 11.7 Å². The van der Waals surface area contributed by atoms with Crippen molar-refractivity contribution in [2.24, 2.45) is 7.05 Å². The summed E-state index contributed by atoms with van der Waals surface area (Å²) in [6.07, 6.45) is 0. The quantitative estimate of drug-likeness (QED) is 0.501. The molecule has 2 atom stereocenters. The van der Waals surface area contributed by atoms with Crippen LogP contribution in [0.2, 0.25) is 0 Å². The summed E-state index contributed by atoms with van der Waals surface area (Å²) in [5, 5.41) is 8.82. The molecule has 0 aliphatic carbocycles. The number of hydrogen-bond acceptors (Lipinski definition) is 9. The van der Waals surface area contributed by atoms with E-state index in [4.69, 9.17) is 0 Å². The number of aromatic nitrogens is 4. The smallest absolute Gasteiger partial charge is 0.364 e. The predicted octanol–water partition coefficient (Wildman–Crippen LogP) is -0.331. The van der Waals surface area contributed by atoms with E-state index in [9.17, 15) is 22.8 Å². The molecule has 0 saturated heterocycles. The molecule has 1 aromatic heterocycles. The van der Waals surface area contributed by atoms with Crippen molar-refractivity contribution >= 4 is 33.5 Å². The molecule has 1 amide bonds. The van der Waals surface area contributed by atoms with Gasteiger partial charge in [0.1, 0.15) is 11.4 Å². The van der Waals surface area contributed by atoms with Crippen molar-refractivity contribution in [1.29, 1.82) is 0 Å². The molecule has 0 aliphatic rings. The number of methoxy groups -OCH3 is 1. The number of carbonyl (C=O) groups is 2. The number of nitrogens with one attached hydrogen (secondary N) is 1. The van der Waals surface area contributed by atoms with Crippen LogP contribution in [-0.2, 0) is 31.2 Å². The molecular formula is C17H23N5O6S2. The van der Waals surface area contributed by atoms with Gasteiger partial charge in [-0.15, -0.1) is 11.8 Å². The molecule has 13 heteroatoms. The van der Waals surface area contributed by atoms with Gasteiger partial charge in [-0.3, -0.25) is 4.79 Å². The lowest BCUT2D eigenvalue weighted by Crippen LogP contribution is -2.43. The highest BCUT2D eigenvalue weighted by atomic mass is 32.2. The van der Waals surface area contributed by atoms with Crippen molar-refractivity contribution in [1.82, 2.24) is 25.1 Å². The monoisotopic (exact) mass is 457 g/mol. The number of sulfone groups is 1. The maximum atomic E-state index is 12.9. The molecule has 2 unspecified atom stereocenters. The number of benzene rings is 1. The molecule has 0 aliphatic heterocycles. The Balaban J connectivity index is 2.32. The van der Waals surface area contributed by atoms with Crippen LogP contribution < -0.4 is 11.0 Å². The second kappa shape index (κ2) is 9.89. The molecule has 0 radical (unpaired) electrons. The second-order valence-corrected chi connectivity index (χ2v) is 9.73. The highest BCUT2D eigenvalue weighted by molar-refractivity contribution is 8.00. The largest absolute Gasteiger partial charge is 0.467 e. The molecule has 0 spiro atoms. The first-order chi connectivity index (χ1) is 14.0. The predicted molar refractivity (Wildman–Crippen MR) is 110 cm³/mol. The molecule has 11 nitrogen and oxygen atoms in total. The van der Waals surface area contributed by atoms with E-state index in [1.54, 1.807) is 12.1 Å². The zero-order valence-electron chi connectivity index (χ0n) is 16.9. The van der Waals surface area contributed by atoms with E-state index in [1.807, 2.05) is 6.92 Å². The van der Waals surface area contributed by atoms with E-state index < -0.39 is 44.6 Å². The van der Waals surface area contributed by atoms with Crippen LogP contribution in [0.5, 0.6) is 0 Å².